The molecule has 0 saturated carbocycles. The van der Waals surface area contributed by atoms with Gasteiger partial charge in [-0.05, 0) is 55.3 Å². The van der Waals surface area contributed by atoms with E-state index in [0.29, 0.717) is 37.6 Å². The maximum atomic E-state index is 11.9. The van der Waals surface area contributed by atoms with Crippen molar-refractivity contribution < 1.29 is 14.3 Å². The maximum Gasteiger partial charge on any atom is 0.220 e. The van der Waals surface area contributed by atoms with E-state index < -0.39 is 0 Å². The minimum Gasteiger partial charge on any atom is -0.494 e. The van der Waals surface area contributed by atoms with Gasteiger partial charge in [0.25, 0.3) is 0 Å². The Kier molecular flexibility index (Phi) is 7.43. The third kappa shape index (κ3) is 6.50. The molecular weight excluding hydrogens is 326 g/mol. The largest absolute Gasteiger partial charge is 0.494 e. The van der Waals surface area contributed by atoms with Gasteiger partial charge < -0.3 is 14.8 Å². The van der Waals surface area contributed by atoms with Crippen molar-refractivity contribution in [1.82, 2.24) is 5.32 Å². The predicted octanol–water partition coefficient (Wildman–Crippen LogP) is 4.21. The van der Waals surface area contributed by atoms with Crippen LogP contribution in [-0.2, 0) is 11.3 Å². The molecule has 1 amide bonds. The van der Waals surface area contributed by atoms with Crippen LogP contribution >= 0.6 is 11.6 Å². The Balaban J connectivity index is 1.64. The van der Waals surface area contributed by atoms with Gasteiger partial charge in [0.15, 0.2) is 0 Å². The van der Waals surface area contributed by atoms with Gasteiger partial charge in [0, 0.05) is 18.0 Å². The van der Waals surface area contributed by atoms with Crippen molar-refractivity contribution >= 4 is 17.5 Å². The smallest absolute Gasteiger partial charge is 0.220 e. The SMILES string of the molecule is CCOc1cccc(CNC(=O)CCCOc2ccc(Cl)cc2)c1. The summed E-state index contributed by atoms with van der Waals surface area (Å²) < 4.78 is 11.0. The average molecular weight is 348 g/mol. The summed E-state index contributed by atoms with van der Waals surface area (Å²) in [6, 6.07) is 14.9. The topological polar surface area (TPSA) is 47.6 Å². The molecule has 0 unspecified atom stereocenters. The molecule has 0 saturated heterocycles. The third-order valence-electron chi connectivity index (χ3n) is 3.33. The number of benzene rings is 2. The second-order valence-electron chi connectivity index (χ2n) is 5.26. The Labute approximate surface area is 147 Å². The zero-order chi connectivity index (χ0) is 17.2. The summed E-state index contributed by atoms with van der Waals surface area (Å²) in [7, 11) is 0. The second kappa shape index (κ2) is 9.83. The molecule has 2 rings (SSSR count). The minimum absolute atomic E-state index is 0.0107. The summed E-state index contributed by atoms with van der Waals surface area (Å²) in [5, 5.41) is 3.58. The van der Waals surface area contributed by atoms with E-state index in [4.69, 9.17) is 21.1 Å². The van der Waals surface area contributed by atoms with Crippen molar-refractivity contribution in [3.8, 4) is 11.5 Å². The fourth-order valence-electron chi connectivity index (χ4n) is 2.15. The molecule has 0 bridgehead atoms. The molecule has 0 heterocycles. The monoisotopic (exact) mass is 347 g/mol. The molecule has 4 nitrogen and oxygen atoms in total. The quantitative estimate of drug-likeness (QED) is 0.691. The summed E-state index contributed by atoms with van der Waals surface area (Å²) in [5.41, 5.74) is 1.02. The molecule has 0 aromatic heterocycles. The Morgan fingerprint density at radius 2 is 1.88 bits per heavy atom. The van der Waals surface area contributed by atoms with Crippen LogP contribution < -0.4 is 14.8 Å². The van der Waals surface area contributed by atoms with Gasteiger partial charge in [-0.25, -0.2) is 0 Å². The van der Waals surface area contributed by atoms with E-state index in [2.05, 4.69) is 5.32 Å². The lowest BCUT2D eigenvalue weighted by Crippen LogP contribution is -2.23. The van der Waals surface area contributed by atoms with Crippen LogP contribution in [0.1, 0.15) is 25.3 Å². The van der Waals surface area contributed by atoms with Crippen molar-refractivity contribution in [3.05, 3.63) is 59.1 Å². The van der Waals surface area contributed by atoms with Crippen LogP contribution in [-0.4, -0.2) is 19.1 Å². The van der Waals surface area contributed by atoms with Gasteiger partial charge in [0.2, 0.25) is 5.91 Å². The fourth-order valence-corrected chi connectivity index (χ4v) is 2.28. The summed E-state index contributed by atoms with van der Waals surface area (Å²) in [6.45, 7) is 3.57. The van der Waals surface area contributed by atoms with E-state index in [1.165, 1.54) is 0 Å². The van der Waals surface area contributed by atoms with Gasteiger partial charge >= 0.3 is 0 Å². The molecule has 0 radical (unpaired) electrons. The Bertz CT molecular complexity index is 643. The number of amides is 1. The molecule has 5 heteroatoms. The number of ether oxygens (including phenoxy) is 2. The van der Waals surface area contributed by atoms with E-state index >= 15 is 0 Å². The van der Waals surface area contributed by atoms with Crippen molar-refractivity contribution in [2.24, 2.45) is 0 Å². The summed E-state index contributed by atoms with van der Waals surface area (Å²) >= 11 is 5.81. The highest BCUT2D eigenvalue weighted by atomic mass is 35.5. The van der Waals surface area contributed by atoms with E-state index in [-0.39, 0.29) is 5.91 Å². The van der Waals surface area contributed by atoms with Crippen LogP contribution in [0.4, 0.5) is 0 Å². The lowest BCUT2D eigenvalue weighted by molar-refractivity contribution is -0.121. The van der Waals surface area contributed by atoms with Crippen molar-refractivity contribution in [2.45, 2.75) is 26.3 Å². The van der Waals surface area contributed by atoms with Gasteiger partial charge in [-0.15, -0.1) is 0 Å². The number of rotatable bonds is 9. The fraction of sp³-hybridized carbons (Fsp3) is 0.316. The first kappa shape index (κ1) is 18.1. The molecular formula is C19H22ClNO3. The average Bonchev–Trinajstić information content (AvgIpc) is 2.59. The molecule has 2 aromatic carbocycles. The zero-order valence-electron chi connectivity index (χ0n) is 13.8. The number of halogens is 1. The first-order valence-corrected chi connectivity index (χ1v) is 8.42. The summed E-state index contributed by atoms with van der Waals surface area (Å²) in [5.74, 6) is 1.59. The zero-order valence-corrected chi connectivity index (χ0v) is 14.5. The highest BCUT2D eigenvalue weighted by Gasteiger charge is 2.03. The van der Waals surface area contributed by atoms with Crippen molar-refractivity contribution in [1.29, 1.82) is 0 Å². The molecule has 1 N–H and O–H groups in total. The molecule has 0 aliphatic heterocycles. The van der Waals surface area contributed by atoms with E-state index in [1.807, 2.05) is 43.3 Å². The summed E-state index contributed by atoms with van der Waals surface area (Å²) in [6.07, 6.45) is 1.09. The molecule has 0 atom stereocenters. The minimum atomic E-state index is 0.0107. The second-order valence-corrected chi connectivity index (χ2v) is 5.70. The number of hydrogen-bond donors (Lipinski definition) is 1. The molecule has 24 heavy (non-hydrogen) atoms. The van der Waals surface area contributed by atoms with Crippen LogP contribution in [0.25, 0.3) is 0 Å². The molecule has 0 spiro atoms. The van der Waals surface area contributed by atoms with E-state index in [0.717, 1.165) is 17.1 Å². The van der Waals surface area contributed by atoms with Gasteiger partial charge in [-0.2, -0.15) is 0 Å². The standard InChI is InChI=1S/C19H22ClNO3/c1-2-23-18-6-3-5-15(13-18)14-21-19(22)7-4-12-24-17-10-8-16(20)9-11-17/h3,5-6,8-11,13H,2,4,7,12,14H2,1H3,(H,21,22). The molecule has 0 aliphatic carbocycles. The van der Waals surface area contributed by atoms with E-state index in [9.17, 15) is 4.79 Å². The van der Waals surface area contributed by atoms with Crippen LogP contribution in [0.2, 0.25) is 5.02 Å². The number of nitrogens with one attached hydrogen (secondary N) is 1. The first-order valence-electron chi connectivity index (χ1n) is 8.04. The molecule has 2 aromatic rings. The molecule has 128 valence electrons. The Morgan fingerprint density at radius 1 is 1.08 bits per heavy atom. The molecule has 0 fully saturated rings. The molecule has 0 aliphatic rings. The lowest BCUT2D eigenvalue weighted by atomic mass is 10.2. The Morgan fingerprint density at radius 3 is 2.62 bits per heavy atom. The predicted molar refractivity (Wildman–Crippen MR) is 95.6 cm³/mol. The Hall–Kier alpha value is -2.20. The van der Waals surface area contributed by atoms with Crippen LogP contribution in [0, 0.1) is 0 Å². The van der Waals surface area contributed by atoms with Gasteiger partial charge in [-0.1, -0.05) is 23.7 Å². The van der Waals surface area contributed by atoms with Crippen LogP contribution in [0.15, 0.2) is 48.5 Å². The third-order valence-corrected chi connectivity index (χ3v) is 3.58. The van der Waals surface area contributed by atoms with Crippen LogP contribution in [0.5, 0.6) is 11.5 Å². The normalized spacial score (nSPS) is 10.2. The summed E-state index contributed by atoms with van der Waals surface area (Å²) in [4.78, 5) is 11.9. The highest BCUT2D eigenvalue weighted by Crippen LogP contribution is 2.16. The number of carbonyl (C=O) groups is 1. The first-order chi connectivity index (χ1) is 11.7. The van der Waals surface area contributed by atoms with Crippen molar-refractivity contribution in [3.63, 3.8) is 0 Å². The van der Waals surface area contributed by atoms with Gasteiger partial charge in [0.05, 0.1) is 13.2 Å². The number of carbonyl (C=O) groups excluding carboxylic acids is 1. The van der Waals surface area contributed by atoms with Crippen molar-refractivity contribution in [2.75, 3.05) is 13.2 Å². The van der Waals surface area contributed by atoms with E-state index in [1.54, 1.807) is 12.1 Å². The maximum absolute atomic E-state index is 11.9. The number of hydrogen-bond acceptors (Lipinski definition) is 3. The van der Waals surface area contributed by atoms with Gasteiger partial charge in [-0.3, -0.25) is 4.79 Å². The highest BCUT2D eigenvalue weighted by molar-refractivity contribution is 6.30. The lowest BCUT2D eigenvalue weighted by Gasteiger charge is -2.08. The van der Waals surface area contributed by atoms with Gasteiger partial charge in [0.1, 0.15) is 11.5 Å². The van der Waals surface area contributed by atoms with Crippen LogP contribution in [0.3, 0.4) is 0 Å².